The van der Waals surface area contributed by atoms with Gasteiger partial charge in [0.2, 0.25) is 5.91 Å². The zero-order valence-corrected chi connectivity index (χ0v) is 12.6. The van der Waals surface area contributed by atoms with Crippen LogP contribution in [0.25, 0.3) is 0 Å². The predicted octanol–water partition coefficient (Wildman–Crippen LogP) is 2.43. The fraction of sp³-hybridized carbons (Fsp3) is 0.385. The summed E-state index contributed by atoms with van der Waals surface area (Å²) < 4.78 is 39.4. The molecule has 0 saturated carbocycles. The van der Waals surface area contributed by atoms with Crippen molar-refractivity contribution in [3.8, 4) is 0 Å². The molecular formula is C13H12BrF3N2O2. The Morgan fingerprint density at radius 1 is 1.43 bits per heavy atom. The Morgan fingerprint density at radius 2 is 2.10 bits per heavy atom. The molecule has 1 saturated heterocycles. The second-order valence-corrected chi connectivity index (χ2v) is 5.57. The smallest absolute Gasteiger partial charge is 0.353 e. The molecule has 1 aromatic rings. The molecule has 21 heavy (non-hydrogen) atoms. The quantitative estimate of drug-likeness (QED) is 0.831. The standard InChI is InChI=1S/C13H12BrF3N2O2/c1-7-11(20)18-4-5-19(7)12(21)9-3-2-8(14)6-10(9)13(15,16)17/h2-3,6-7H,4-5H2,1H3,(H,18,20). The molecule has 0 spiro atoms. The highest BCUT2D eigenvalue weighted by atomic mass is 79.9. The van der Waals surface area contributed by atoms with Gasteiger partial charge in [-0.05, 0) is 25.1 Å². The number of halogens is 4. The summed E-state index contributed by atoms with van der Waals surface area (Å²) in [5, 5.41) is 2.56. The normalized spacial score (nSPS) is 19.4. The lowest BCUT2D eigenvalue weighted by atomic mass is 10.0. The molecule has 4 nitrogen and oxygen atoms in total. The van der Waals surface area contributed by atoms with Crippen LogP contribution in [0, 0.1) is 0 Å². The number of hydrogen-bond donors (Lipinski definition) is 1. The predicted molar refractivity (Wildman–Crippen MR) is 72.7 cm³/mol. The number of piperazine rings is 1. The van der Waals surface area contributed by atoms with Crippen molar-refractivity contribution in [2.24, 2.45) is 0 Å². The lowest BCUT2D eigenvalue weighted by Gasteiger charge is -2.33. The number of hydrogen-bond acceptors (Lipinski definition) is 2. The van der Waals surface area contributed by atoms with Crippen molar-refractivity contribution in [3.05, 3.63) is 33.8 Å². The van der Waals surface area contributed by atoms with Gasteiger partial charge in [-0.25, -0.2) is 0 Å². The van der Waals surface area contributed by atoms with Gasteiger partial charge in [0.05, 0.1) is 11.1 Å². The Morgan fingerprint density at radius 3 is 2.71 bits per heavy atom. The first-order valence-corrected chi connectivity index (χ1v) is 6.96. The Kier molecular flexibility index (Phi) is 4.27. The number of nitrogens with one attached hydrogen (secondary N) is 1. The Hall–Kier alpha value is -1.57. The Balaban J connectivity index is 2.42. The summed E-state index contributed by atoms with van der Waals surface area (Å²) in [7, 11) is 0. The molecule has 1 unspecified atom stereocenters. The average Bonchev–Trinajstić information content (AvgIpc) is 2.40. The summed E-state index contributed by atoms with van der Waals surface area (Å²) >= 11 is 2.97. The Bertz CT molecular complexity index is 589. The van der Waals surface area contributed by atoms with Crippen molar-refractivity contribution in [1.82, 2.24) is 10.2 Å². The molecule has 0 radical (unpaired) electrons. The van der Waals surface area contributed by atoms with E-state index in [1.165, 1.54) is 13.0 Å². The number of carbonyl (C=O) groups excluding carboxylic acids is 2. The van der Waals surface area contributed by atoms with Crippen molar-refractivity contribution in [2.45, 2.75) is 19.1 Å². The van der Waals surface area contributed by atoms with Crippen LogP contribution in [0.4, 0.5) is 13.2 Å². The molecule has 2 amide bonds. The molecule has 2 rings (SSSR count). The molecular weight excluding hydrogens is 353 g/mol. The van der Waals surface area contributed by atoms with Gasteiger partial charge < -0.3 is 10.2 Å². The van der Waals surface area contributed by atoms with E-state index in [1.807, 2.05) is 0 Å². The highest BCUT2D eigenvalue weighted by molar-refractivity contribution is 9.10. The van der Waals surface area contributed by atoms with E-state index < -0.39 is 29.3 Å². The number of amides is 2. The van der Waals surface area contributed by atoms with Crippen LogP contribution < -0.4 is 5.32 Å². The maximum Gasteiger partial charge on any atom is 0.417 e. The van der Waals surface area contributed by atoms with Crippen LogP contribution in [-0.4, -0.2) is 35.8 Å². The van der Waals surface area contributed by atoms with Crippen LogP contribution in [0.15, 0.2) is 22.7 Å². The highest BCUT2D eigenvalue weighted by Crippen LogP contribution is 2.34. The number of benzene rings is 1. The van der Waals surface area contributed by atoms with Gasteiger partial charge >= 0.3 is 6.18 Å². The van der Waals surface area contributed by atoms with Crippen molar-refractivity contribution < 1.29 is 22.8 Å². The van der Waals surface area contributed by atoms with Gasteiger partial charge in [-0.2, -0.15) is 13.2 Å². The second kappa shape index (κ2) is 5.67. The molecule has 1 atom stereocenters. The summed E-state index contributed by atoms with van der Waals surface area (Å²) in [6.45, 7) is 1.89. The molecule has 1 N–H and O–H groups in total. The van der Waals surface area contributed by atoms with E-state index in [4.69, 9.17) is 0 Å². The van der Waals surface area contributed by atoms with Gasteiger partial charge in [0.15, 0.2) is 0 Å². The molecule has 0 bridgehead atoms. The van der Waals surface area contributed by atoms with Crippen molar-refractivity contribution in [1.29, 1.82) is 0 Å². The van der Waals surface area contributed by atoms with E-state index in [9.17, 15) is 22.8 Å². The molecule has 1 aromatic carbocycles. The van der Waals surface area contributed by atoms with Gasteiger partial charge in [0, 0.05) is 17.6 Å². The van der Waals surface area contributed by atoms with E-state index in [1.54, 1.807) is 0 Å². The van der Waals surface area contributed by atoms with Gasteiger partial charge in [-0.3, -0.25) is 9.59 Å². The third kappa shape index (κ3) is 3.20. The lowest BCUT2D eigenvalue weighted by Crippen LogP contribution is -2.56. The van der Waals surface area contributed by atoms with Crippen molar-refractivity contribution in [3.63, 3.8) is 0 Å². The molecule has 1 aliphatic heterocycles. The Labute approximate surface area is 127 Å². The maximum absolute atomic E-state index is 13.1. The maximum atomic E-state index is 13.1. The largest absolute Gasteiger partial charge is 0.417 e. The minimum Gasteiger partial charge on any atom is -0.353 e. The first-order chi connectivity index (χ1) is 9.71. The molecule has 0 aliphatic carbocycles. The van der Waals surface area contributed by atoms with Gasteiger partial charge in [-0.1, -0.05) is 15.9 Å². The summed E-state index contributed by atoms with van der Waals surface area (Å²) in [4.78, 5) is 25.1. The molecule has 114 valence electrons. The molecule has 1 heterocycles. The van der Waals surface area contributed by atoms with E-state index in [0.717, 1.165) is 17.0 Å². The van der Waals surface area contributed by atoms with Crippen LogP contribution >= 0.6 is 15.9 Å². The van der Waals surface area contributed by atoms with Crippen LogP contribution in [0.5, 0.6) is 0 Å². The van der Waals surface area contributed by atoms with Crippen LogP contribution in [0.3, 0.4) is 0 Å². The first-order valence-electron chi connectivity index (χ1n) is 6.17. The first kappa shape index (κ1) is 15.8. The van der Waals surface area contributed by atoms with Gasteiger partial charge in [0.25, 0.3) is 5.91 Å². The van der Waals surface area contributed by atoms with E-state index in [-0.39, 0.29) is 23.5 Å². The van der Waals surface area contributed by atoms with Crippen LogP contribution in [0.1, 0.15) is 22.8 Å². The minimum absolute atomic E-state index is 0.180. The summed E-state index contributed by atoms with van der Waals surface area (Å²) in [5.74, 6) is -1.17. The van der Waals surface area contributed by atoms with Crippen molar-refractivity contribution >= 4 is 27.7 Å². The monoisotopic (exact) mass is 364 g/mol. The van der Waals surface area contributed by atoms with E-state index in [2.05, 4.69) is 21.2 Å². The van der Waals surface area contributed by atoms with Gasteiger partial charge in [0.1, 0.15) is 6.04 Å². The topological polar surface area (TPSA) is 49.4 Å². The SMILES string of the molecule is CC1C(=O)NCCN1C(=O)c1ccc(Br)cc1C(F)(F)F. The third-order valence-corrected chi connectivity index (χ3v) is 3.77. The zero-order valence-electron chi connectivity index (χ0n) is 11.0. The zero-order chi connectivity index (χ0) is 15.8. The molecule has 1 aliphatic rings. The number of nitrogens with zero attached hydrogens (tertiary/aromatic N) is 1. The van der Waals surface area contributed by atoms with Crippen LogP contribution in [0.2, 0.25) is 0 Å². The van der Waals surface area contributed by atoms with Crippen molar-refractivity contribution in [2.75, 3.05) is 13.1 Å². The molecule has 1 fully saturated rings. The lowest BCUT2D eigenvalue weighted by molar-refractivity contribution is -0.138. The third-order valence-electron chi connectivity index (χ3n) is 3.28. The fourth-order valence-electron chi connectivity index (χ4n) is 2.15. The molecule has 0 aromatic heterocycles. The van der Waals surface area contributed by atoms with Gasteiger partial charge in [-0.15, -0.1) is 0 Å². The summed E-state index contributed by atoms with van der Waals surface area (Å²) in [6, 6.07) is 2.56. The average molecular weight is 365 g/mol. The van der Waals surface area contributed by atoms with E-state index in [0.29, 0.717) is 0 Å². The number of rotatable bonds is 1. The van der Waals surface area contributed by atoms with E-state index >= 15 is 0 Å². The van der Waals surface area contributed by atoms with Crippen LogP contribution in [-0.2, 0) is 11.0 Å². The molecule has 8 heteroatoms. The minimum atomic E-state index is -4.64. The number of carbonyl (C=O) groups is 2. The number of alkyl halides is 3. The summed E-state index contributed by atoms with van der Waals surface area (Å²) in [6.07, 6.45) is -4.64. The summed E-state index contributed by atoms with van der Waals surface area (Å²) in [5.41, 5.74) is -1.47. The second-order valence-electron chi connectivity index (χ2n) is 4.65. The fourth-order valence-corrected chi connectivity index (χ4v) is 2.51. The highest BCUT2D eigenvalue weighted by Gasteiger charge is 2.38.